The average Bonchev–Trinajstić information content (AvgIpc) is 2.37. The largest absolute Gasteiger partial charge is 0.337 e. The Labute approximate surface area is 116 Å². The summed E-state index contributed by atoms with van der Waals surface area (Å²) in [6, 6.07) is 8.50. The van der Waals surface area contributed by atoms with Gasteiger partial charge in [0.2, 0.25) is 5.91 Å². The van der Waals surface area contributed by atoms with Crippen LogP contribution >= 0.6 is 0 Å². The molecular formula is C16H26N2O. The average molecular weight is 262 g/mol. The van der Waals surface area contributed by atoms with E-state index < -0.39 is 0 Å². The lowest BCUT2D eigenvalue weighted by Crippen LogP contribution is -2.36. The number of carbonyl (C=O) groups is 1. The first-order valence-electron chi connectivity index (χ1n) is 6.95. The van der Waals surface area contributed by atoms with Gasteiger partial charge < -0.3 is 10.6 Å². The molecule has 3 nitrogen and oxygen atoms in total. The number of hydrogen-bond donors (Lipinski definition) is 1. The van der Waals surface area contributed by atoms with Gasteiger partial charge in [-0.1, -0.05) is 52.0 Å². The van der Waals surface area contributed by atoms with Gasteiger partial charge in [-0.2, -0.15) is 0 Å². The zero-order valence-corrected chi connectivity index (χ0v) is 12.6. The fraction of sp³-hybridized carbons (Fsp3) is 0.562. The van der Waals surface area contributed by atoms with E-state index in [1.54, 1.807) is 0 Å². The monoisotopic (exact) mass is 262 g/mol. The van der Waals surface area contributed by atoms with Crippen molar-refractivity contribution < 1.29 is 4.79 Å². The van der Waals surface area contributed by atoms with Gasteiger partial charge in [0, 0.05) is 13.1 Å². The van der Waals surface area contributed by atoms with Crippen molar-refractivity contribution in [3.8, 4) is 0 Å². The molecule has 1 aromatic rings. The molecule has 1 aromatic carbocycles. The Morgan fingerprint density at radius 1 is 1.21 bits per heavy atom. The SMILES string of the molecule is CCCN(Cc1ccc(C(C)(C)C)cc1)C(=O)CN. The van der Waals surface area contributed by atoms with Crippen LogP contribution in [0.1, 0.15) is 45.2 Å². The van der Waals surface area contributed by atoms with Crippen LogP contribution in [0.4, 0.5) is 0 Å². The molecule has 0 bridgehead atoms. The molecule has 19 heavy (non-hydrogen) atoms. The minimum absolute atomic E-state index is 0.0155. The van der Waals surface area contributed by atoms with Crippen molar-refractivity contribution in [1.82, 2.24) is 4.90 Å². The van der Waals surface area contributed by atoms with Gasteiger partial charge in [-0.15, -0.1) is 0 Å². The number of rotatable bonds is 5. The summed E-state index contributed by atoms with van der Waals surface area (Å²) < 4.78 is 0. The van der Waals surface area contributed by atoms with E-state index in [2.05, 4.69) is 52.0 Å². The highest BCUT2D eigenvalue weighted by atomic mass is 16.2. The highest BCUT2D eigenvalue weighted by Gasteiger charge is 2.14. The molecule has 0 radical (unpaired) electrons. The van der Waals surface area contributed by atoms with Crippen LogP contribution in [-0.4, -0.2) is 23.9 Å². The number of benzene rings is 1. The van der Waals surface area contributed by atoms with E-state index in [1.807, 2.05) is 4.90 Å². The van der Waals surface area contributed by atoms with Crippen molar-refractivity contribution in [3.63, 3.8) is 0 Å². The van der Waals surface area contributed by atoms with Gasteiger partial charge in [-0.25, -0.2) is 0 Å². The molecule has 1 rings (SSSR count). The molecule has 0 aliphatic rings. The zero-order chi connectivity index (χ0) is 14.5. The lowest BCUT2D eigenvalue weighted by atomic mass is 9.87. The summed E-state index contributed by atoms with van der Waals surface area (Å²) >= 11 is 0. The Bertz CT molecular complexity index is 404. The normalized spacial score (nSPS) is 11.4. The van der Waals surface area contributed by atoms with Crippen molar-refractivity contribution >= 4 is 5.91 Å². The molecule has 1 amide bonds. The van der Waals surface area contributed by atoms with Gasteiger partial charge in [-0.3, -0.25) is 4.79 Å². The predicted octanol–water partition coefficient (Wildman–Crippen LogP) is 2.68. The molecule has 0 spiro atoms. The van der Waals surface area contributed by atoms with Crippen molar-refractivity contribution in [2.24, 2.45) is 5.73 Å². The summed E-state index contributed by atoms with van der Waals surface area (Å²) in [4.78, 5) is 13.6. The zero-order valence-electron chi connectivity index (χ0n) is 12.6. The molecule has 0 fully saturated rings. The molecule has 0 aliphatic heterocycles. The third-order valence-corrected chi connectivity index (χ3v) is 3.21. The maximum Gasteiger partial charge on any atom is 0.236 e. The van der Waals surface area contributed by atoms with Gasteiger partial charge in [0.15, 0.2) is 0 Å². The van der Waals surface area contributed by atoms with Crippen molar-refractivity contribution in [2.45, 2.75) is 46.1 Å². The molecule has 0 aliphatic carbocycles. The van der Waals surface area contributed by atoms with E-state index in [9.17, 15) is 4.79 Å². The Kier molecular flexibility index (Phi) is 5.55. The van der Waals surface area contributed by atoms with Crippen molar-refractivity contribution in [2.75, 3.05) is 13.1 Å². The van der Waals surface area contributed by atoms with Gasteiger partial charge in [-0.05, 0) is 23.0 Å². The summed E-state index contributed by atoms with van der Waals surface area (Å²) in [5, 5.41) is 0. The molecule has 0 unspecified atom stereocenters. The Balaban J connectivity index is 2.78. The van der Waals surface area contributed by atoms with Crippen molar-refractivity contribution in [1.29, 1.82) is 0 Å². The van der Waals surface area contributed by atoms with Crippen LogP contribution in [0.15, 0.2) is 24.3 Å². The predicted molar refractivity (Wildman–Crippen MR) is 79.9 cm³/mol. The van der Waals surface area contributed by atoms with Crippen LogP contribution in [0.5, 0.6) is 0 Å². The molecule has 0 atom stereocenters. The first-order chi connectivity index (χ1) is 8.88. The summed E-state index contributed by atoms with van der Waals surface area (Å²) in [5.74, 6) is 0.0155. The second-order valence-corrected chi connectivity index (χ2v) is 5.97. The lowest BCUT2D eigenvalue weighted by Gasteiger charge is -2.23. The quantitative estimate of drug-likeness (QED) is 0.886. The van der Waals surface area contributed by atoms with Gasteiger partial charge in [0.05, 0.1) is 6.54 Å². The second-order valence-electron chi connectivity index (χ2n) is 5.97. The van der Waals surface area contributed by atoms with Gasteiger partial charge in [0.25, 0.3) is 0 Å². The van der Waals surface area contributed by atoms with Crippen LogP contribution in [0, 0.1) is 0 Å². The molecule has 0 aromatic heterocycles. The molecular weight excluding hydrogens is 236 g/mol. The summed E-state index contributed by atoms with van der Waals surface area (Å²) in [7, 11) is 0. The van der Waals surface area contributed by atoms with Gasteiger partial charge >= 0.3 is 0 Å². The van der Waals surface area contributed by atoms with Crippen LogP contribution in [0.2, 0.25) is 0 Å². The van der Waals surface area contributed by atoms with E-state index in [0.717, 1.165) is 18.5 Å². The number of nitrogens with zero attached hydrogens (tertiary/aromatic N) is 1. The fourth-order valence-corrected chi connectivity index (χ4v) is 2.02. The first kappa shape index (κ1) is 15.7. The topological polar surface area (TPSA) is 46.3 Å². The van der Waals surface area contributed by atoms with Gasteiger partial charge in [0.1, 0.15) is 0 Å². The summed E-state index contributed by atoms with van der Waals surface area (Å²) in [5.41, 5.74) is 8.07. The fourth-order valence-electron chi connectivity index (χ4n) is 2.02. The van der Waals surface area contributed by atoms with E-state index >= 15 is 0 Å². The van der Waals surface area contributed by atoms with E-state index in [1.165, 1.54) is 5.56 Å². The first-order valence-corrected chi connectivity index (χ1v) is 6.95. The number of hydrogen-bond acceptors (Lipinski definition) is 2. The molecule has 0 heterocycles. The Morgan fingerprint density at radius 2 is 1.79 bits per heavy atom. The number of amides is 1. The molecule has 106 valence electrons. The van der Waals surface area contributed by atoms with Crippen LogP contribution in [0.25, 0.3) is 0 Å². The summed E-state index contributed by atoms with van der Waals surface area (Å²) in [6.07, 6.45) is 0.950. The van der Waals surface area contributed by atoms with Crippen LogP contribution in [-0.2, 0) is 16.8 Å². The van der Waals surface area contributed by atoms with E-state index in [4.69, 9.17) is 5.73 Å². The highest BCUT2D eigenvalue weighted by Crippen LogP contribution is 2.22. The number of nitrogens with two attached hydrogens (primary N) is 1. The lowest BCUT2D eigenvalue weighted by molar-refractivity contribution is -0.130. The molecule has 0 saturated heterocycles. The van der Waals surface area contributed by atoms with Crippen LogP contribution < -0.4 is 5.73 Å². The Morgan fingerprint density at radius 3 is 2.21 bits per heavy atom. The number of carbonyl (C=O) groups excluding carboxylic acids is 1. The standard InChI is InChI=1S/C16H26N2O/c1-5-10-18(15(19)11-17)12-13-6-8-14(9-7-13)16(2,3)4/h6-9H,5,10-12,17H2,1-4H3. The molecule has 3 heteroatoms. The van der Waals surface area contributed by atoms with Crippen molar-refractivity contribution in [3.05, 3.63) is 35.4 Å². The minimum atomic E-state index is 0.0155. The summed E-state index contributed by atoms with van der Waals surface area (Å²) in [6.45, 7) is 10.2. The maximum atomic E-state index is 11.7. The minimum Gasteiger partial charge on any atom is -0.337 e. The third-order valence-electron chi connectivity index (χ3n) is 3.21. The van der Waals surface area contributed by atoms with E-state index in [0.29, 0.717) is 6.54 Å². The highest BCUT2D eigenvalue weighted by molar-refractivity contribution is 5.78. The molecule has 2 N–H and O–H groups in total. The third kappa shape index (κ3) is 4.67. The Hall–Kier alpha value is -1.35. The second kappa shape index (κ2) is 6.71. The maximum absolute atomic E-state index is 11.7. The van der Waals surface area contributed by atoms with E-state index in [-0.39, 0.29) is 17.9 Å². The van der Waals surface area contributed by atoms with Crippen LogP contribution in [0.3, 0.4) is 0 Å². The molecule has 0 saturated carbocycles. The smallest absolute Gasteiger partial charge is 0.236 e.